The quantitative estimate of drug-likeness (QED) is 0.424. The first-order valence-corrected chi connectivity index (χ1v) is 10.6. The van der Waals surface area contributed by atoms with Crippen molar-refractivity contribution in [2.24, 2.45) is 0 Å². The second-order valence-corrected chi connectivity index (χ2v) is 8.33. The average molecular weight is 419 g/mol. The maximum atomic E-state index is 13.2. The summed E-state index contributed by atoms with van der Waals surface area (Å²) < 4.78 is 6.33. The molecule has 0 aliphatic carbocycles. The molecule has 0 unspecified atom stereocenters. The summed E-state index contributed by atoms with van der Waals surface area (Å²) in [4.78, 5) is 30.1. The zero-order valence-electron chi connectivity index (χ0n) is 17.1. The van der Waals surface area contributed by atoms with Crippen molar-refractivity contribution in [3.05, 3.63) is 87.3 Å². The summed E-state index contributed by atoms with van der Waals surface area (Å²) in [7, 11) is 1.35. The highest BCUT2D eigenvalue weighted by atomic mass is 32.1. The molecule has 0 N–H and O–H groups in total. The lowest BCUT2D eigenvalue weighted by Crippen LogP contribution is -2.21. The normalized spacial score (nSPS) is 11.2. The number of methoxy groups -OCH3 is 1. The van der Waals surface area contributed by atoms with E-state index in [0.717, 1.165) is 21.5 Å². The van der Waals surface area contributed by atoms with Gasteiger partial charge >= 0.3 is 5.97 Å². The van der Waals surface area contributed by atoms with E-state index in [9.17, 15) is 9.59 Å². The van der Waals surface area contributed by atoms with Crippen LogP contribution < -0.4 is 5.56 Å². The molecule has 0 spiro atoms. The Hall–Kier alpha value is -3.25. The molecule has 0 bridgehead atoms. The number of nitrogens with zero attached hydrogens (tertiary/aromatic N) is 2. The lowest BCUT2D eigenvalue weighted by atomic mass is 9.99. The van der Waals surface area contributed by atoms with Crippen molar-refractivity contribution in [2.45, 2.75) is 26.3 Å². The van der Waals surface area contributed by atoms with Gasteiger partial charge in [0.15, 0.2) is 0 Å². The van der Waals surface area contributed by atoms with E-state index in [4.69, 9.17) is 4.74 Å². The first-order valence-electron chi connectivity index (χ1n) is 9.72. The molecule has 0 radical (unpaired) electrons. The van der Waals surface area contributed by atoms with Gasteiger partial charge in [0.05, 0.1) is 30.9 Å². The van der Waals surface area contributed by atoms with Gasteiger partial charge in [0.25, 0.3) is 5.56 Å². The van der Waals surface area contributed by atoms with Crippen LogP contribution in [0.25, 0.3) is 21.3 Å². The van der Waals surface area contributed by atoms with Crippen LogP contribution in [0.4, 0.5) is 0 Å². The Labute approximate surface area is 178 Å². The van der Waals surface area contributed by atoms with Crippen molar-refractivity contribution in [2.75, 3.05) is 7.11 Å². The average Bonchev–Trinajstić information content (AvgIpc) is 3.20. The molecule has 6 heteroatoms. The number of fused-ring (bicyclic) bond motifs is 1. The van der Waals surface area contributed by atoms with E-state index in [2.05, 4.69) is 43.1 Å². The van der Waals surface area contributed by atoms with Crippen molar-refractivity contribution < 1.29 is 9.53 Å². The molecule has 0 atom stereocenters. The van der Waals surface area contributed by atoms with E-state index in [0.29, 0.717) is 23.4 Å². The van der Waals surface area contributed by atoms with Gasteiger partial charge < -0.3 is 4.74 Å². The monoisotopic (exact) mass is 418 g/mol. The highest BCUT2D eigenvalue weighted by Crippen LogP contribution is 2.31. The minimum atomic E-state index is -0.381. The lowest BCUT2D eigenvalue weighted by molar-refractivity contribution is 0.0600. The van der Waals surface area contributed by atoms with Gasteiger partial charge in [-0.1, -0.05) is 50.2 Å². The van der Waals surface area contributed by atoms with Crippen molar-refractivity contribution in [1.82, 2.24) is 9.55 Å². The van der Waals surface area contributed by atoms with Gasteiger partial charge in [-0.2, -0.15) is 0 Å². The predicted molar refractivity (Wildman–Crippen MR) is 120 cm³/mol. The third-order valence-electron chi connectivity index (χ3n) is 5.18. The molecule has 0 fully saturated rings. The fraction of sp³-hybridized carbons (Fsp3) is 0.208. The van der Waals surface area contributed by atoms with Gasteiger partial charge in [-0.05, 0) is 34.7 Å². The maximum absolute atomic E-state index is 13.2. The molecule has 4 aromatic rings. The summed E-state index contributed by atoms with van der Waals surface area (Å²) >= 11 is 1.48. The van der Waals surface area contributed by atoms with E-state index in [1.807, 2.05) is 17.5 Å². The number of esters is 1. The number of hydrogen-bond acceptors (Lipinski definition) is 5. The topological polar surface area (TPSA) is 61.2 Å². The number of carbonyl (C=O) groups excluding carboxylic acids is 1. The molecule has 2 aromatic heterocycles. The second-order valence-electron chi connectivity index (χ2n) is 7.47. The van der Waals surface area contributed by atoms with Crippen LogP contribution in [0.2, 0.25) is 0 Å². The summed E-state index contributed by atoms with van der Waals surface area (Å²) in [5.74, 6) is 0.0796. The van der Waals surface area contributed by atoms with E-state index in [1.54, 1.807) is 23.0 Å². The van der Waals surface area contributed by atoms with Crippen LogP contribution >= 0.6 is 11.3 Å². The van der Waals surface area contributed by atoms with Crippen LogP contribution in [0.5, 0.6) is 0 Å². The Kier molecular flexibility index (Phi) is 5.50. The molecule has 2 heterocycles. The molecule has 0 amide bonds. The summed E-state index contributed by atoms with van der Waals surface area (Å²) in [6, 6.07) is 15.4. The number of carbonyl (C=O) groups is 1. The molecule has 5 nitrogen and oxygen atoms in total. The van der Waals surface area contributed by atoms with Gasteiger partial charge in [-0.25, -0.2) is 9.78 Å². The molecule has 0 aliphatic heterocycles. The molecular weight excluding hydrogens is 396 g/mol. The SMILES string of the molecule is COC(=O)c1ccc(Cn2cnc3scc(-c4ccc(C(C)C)cc4)c3c2=O)cc1. The highest BCUT2D eigenvalue weighted by Gasteiger charge is 2.14. The largest absolute Gasteiger partial charge is 0.465 e. The smallest absolute Gasteiger partial charge is 0.337 e. The fourth-order valence-corrected chi connectivity index (χ4v) is 4.31. The van der Waals surface area contributed by atoms with Gasteiger partial charge in [0, 0.05) is 10.9 Å². The van der Waals surface area contributed by atoms with Gasteiger partial charge in [0.1, 0.15) is 4.83 Å². The summed E-state index contributed by atoms with van der Waals surface area (Å²) in [6.45, 7) is 4.70. The van der Waals surface area contributed by atoms with Gasteiger partial charge in [0.2, 0.25) is 0 Å². The Balaban J connectivity index is 1.69. The molecular formula is C24H22N2O3S. The maximum Gasteiger partial charge on any atom is 0.337 e. The van der Waals surface area contributed by atoms with Crippen LogP contribution in [0.15, 0.2) is 65.0 Å². The van der Waals surface area contributed by atoms with E-state index < -0.39 is 0 Å². The molecule has 2 aromatic carbocycles. The highest BCUT2D eigenvalue weighted by molar-refractivity contribution is 7.17. The Morgan fingerprint density at radius 1 is 1.10 bits per heavy atom. The summed E-state index contributed by atoms with van der Waals surface area (Å²) in [5.41, 5.74) is 4.52. The minimum absolute atomic E-state index is 0.0683. The zero-order valence-corrected chi connectivity index (χ0v) is 17.9. The van der Waals surface area contributed by atoms with Crippen molar-refractivity contribution in [3.8, 4) is 11.1 Å². The number of rotatable bonds is 5. The summed E-state index contributed by atoms with van der Waals surface area (Å²) in [5, 5.41) is 2.64. The van der Waals surface area contributed by atoms with Crippen LogP contribution in [0.1, 0.15) is 41.3 Å². The molecule has 152 valence electrons. The first kappa shape index (κ1) is 20.0. The molecule has 0 saturated carbocycles. The fourth-order valence-electron chi connectivity index (χ4n) is 3.40. The van der Waals surface area contributed by atoms with E-state index in [-0.39, 0.29) is 11.5 Å². The summed E-state index contributed by atoms with van der Waals surface area (Å²) in [6.07, 6.45) is 1.58. The van der Waals surface area contributed by atoms with Crippen LogP contribution in [0.3, 0.4) is 0 Å². The third-order valence-corrected chi connectivity index (χ3v) is 6.06. The van der Waals surface area contributed by atoms with E-state index >= 15 is 0 Å². The second kappa shape index (κ2) is 8.24. The number of hydrogen-bond donors (Lipinski definition) is 0. The van der Waals surface area contributed by atoms with Gasteiger partial charge in [-0.15, -0.1) is 11.3 Å². The Morgan fingerprint density at radius 3 is 2.43 bits per heavy atom. The molecule has 0 aliphatic rings. The number of aromatic nitrogens is 2. The Bertz CT molecular complexity index is 1250. The Morgan fingerprint density at radius 2 is 1.80 bits per heavy atom. The lowest BCUT2D eigenvalue weighted by Gasteiger charge is -2.08. The van der Waals surface area contributed by atoms with Crippen LogP contribution in [0, 0.1) is 0 Å². The minimum Gasteiger partial charge on any atom is -0.465 e. The standard InChI is InChI=1S/C24H22N2O3S/c1-15(2)17-8-10-18(11-9-17)20-13-30-22-21(20)23(27)26(14-25-22)12-16-4-6-19(7-5-16)24(28)29-3/h4-11,13-15H,12H2,1-3H3. The zero-order chi connectivity index (χ0) is 21.3. The van der Waals surface area contributed by atoms with Gasteiger partial charge in [-0.3, -0.25) is 9.36 Å². The number of ether oxygens (including phenoxy) is 1. The first-order chi connectivity index (χ1) is 14.5. The van der Waals surface area contributed by atoms with Crippen LogP contribution in [-0.2, 0) is 11.3 Å². The molecule has 30 heavy (non-hydrogen) atoms. The van der Waals surface area contributed by atoms with Crippen molar-refractivity contribution >= 4 is 27.5 Å². The third kappa shape index (κ3) is 3.78. The van der Waals surface area contributed by atoms with Crippen LogP contribution in [-0.4, -0.2) is 22.6 Å². The molecule has 0 saturated heterocycles. The number of benzene rings is 2. The van der Waals surface area contributed by atoms with Crippen molar-refractivity contribution in [1.29, 1.82) is 0 Å². The number of thiophene rings is 1. The molecule has 4 rings (SSSR count). The predicted octanol–water partition coefficient (Wildman–Crippen LogP) is 5.08. The van der Waals surface area contributed by atoms with Crippen molar-refractivity contribution in [3.63, 3.8) is 0 Å². The van der Waals surface area contributed by atoms with E-state index in [1.165, 1.54) is 24.0 Å².